The lowest BCUT2D eigenvalue weighted by Crippen LogP contribution is -2.36. The Morgan fingerprint density at radius 1 is 1.48 bits per heavy atom. The van der Waals surface area contributed by atoms with Crippen LogP contribution in [0.5, 0.6) is 0 Å². The summed E-state index contributed by atoms with van der Waals surface area (Å²) in [5.41, 5.74) is 7.23. The Hall–Kier alpha value is -2.15. The molecule has 0 radical (unpaired) electrons. The molecule has 7 heteroatoms. The monoisotopic (exact) mass is 293 g/mol. The van der Waals surface area contributed by atoms with Gasteiger partial charge in [0.05, 0.1) is 18.0 Å². The number of piperidine rings is 1. The number of methoxy groups -OCH3 is 1. The van der Waals surface area contributed by atoms with Crippen LogP contribution in [0, 0.1) is 16.0 Å². The first-order valence-corrected chi connectivity index (χ1v) is 6.84. The number of nitrogen functional groups attached to an aromatic ring is 1. The Kier molecular flexibility index (Phi) is 4.74. The van der Waals surface area contributed by atoms with Crippen LogP contribution >= 0.6 is 0 Å². The molecule has 0 atom stereocenters. The third-order valence-corrected chi connectivity index (χ3v) is 3.85. The van der Waals surface area contributed by atoms with E-state index in [4.69, 9.17) is 10.5 Å². The number of nitro benzene ring substituents is 1. The number of carbonyl (C=O) groups is 1. The number of esters is 1. The van der Waals surface area contributed by atoms with Crippen LogP contribution in [0.1, 0.15) is 18.4 Å². The minimum Gasteiger partial charge on any atom is -0.469 e. The zero-order valence-corrected chi connectivity index (χ0v) is 11.9. The molecule has 1 aliphatic heterocycles. The Morgan fingerprint density at radius 3 is 2.71 bits per heavy atom. The molecule has 0 saturated carbocycles. The van der Waals surface area contributed by atoms with Gasteiger partial charge in [-0.3, -0.25) is 19.8 Å². The maximum Gasteiger partial charge on any atom is 0.308 e. The van der Waals surface area contributed by atoms with E-state index in [1.807, 2.05) is 0 Å². The molecular weight excluding hydrogens is 274 g/mol. The average molecular weight is 293 g/mol. The van der Waals surface area contributed by atoms with Gasteiger partial charge < -0.3 is 10.5 Å². The molecule has 2 rings (SSSR count). The average Bonchev–Trinajstić information content (AvgIpc) is 2.49. The van der Waals surface area contributed by atoms with Crippen LogP contribution < -0.4 is 5.73 Å². The second-order valence-corrected chi connectivity index (χ2v) is 5.21. The number of non-ortho nitro benzene ring substituents is 1. The van der Waals surface area contributed by atoms with Crippen LogP contribution in [-0.2, 0) is 16.1 Å². The minimum absolute atomic E-state index is 0.0450. The number of ether oxygens (including phenoxy) is 1. The quantitative estimate of drug-likeness (QED) is 0.391. The number of hydrogen-bond donors (Lipinski definition) is 1. The third kappa shape index (κ3) is 3.69. The highest BCUT2D eigenvalue weighted by atomic mass is 16.6. The van der Waals surface area contributed by atoms with Gasteiger partial charge in [-0.1, -0.05) is 0 Å². The van der Waals surface area contributed by atoms with Crippen LogP contribution in [-0.4, -0.2) is 36.0 Å². The number of rotatable bonds is 4. The third-order valence-electron chi connectivity index (χ3n) is 3.85. The fourth-order valence-electron chi connectivity index (χ4n) is 2.58. The van der Waals surface area contributed by atoms with E-state index in [1.165, 1.54) is 19.2 Å². The summed E-state index contributed by atoms with van der Waals surface area (Å²) in [5.74, 6) is -0.210. The van der Waals surface area contributed by atoms with E-state index in [0.717, 1.165) is 31.5 Å². The van der Waals surface area contributed by atoms with E-state index in [2.05, 4.69) is 4.90 Å². The van der Waals surface area contributed by atoms with E-state index < -0.39 is 4.92 Å². The number of nitrogens with zero attached hydrogens (tertiary/aromatic N) is 2. The Balaban J connectivity index is 1.99. The van der Waals surface area contributed by atoms with Gasteiger partial charge in [0, 0.05) is 24.4 Å². The second kappa shape index (κ2) is 6.53. The first-order valence-electron chi connectivity index (χ1n) is 6.84. The van der Waals surface area contributed by atoms with E-state index in [9.17, 15) is 14.9 Å². The lowest BCUT2D eigenvalue weighted by atomic mass is 9.96. The van der Waals surface area contributed by atoms with Gasteiger partial charge in [0.2, 0.25) is 0 Å². The number of nitrogens with two attached hydrogens (primary N) is 1. The molecule has 7 nitrogen and oxygen atoms in total. The normalized spacial score (nSPS) is 16.6. The minimum atomic E-state index is -0.424. The zero-order chi connectivity index (χ0) is 15.4. The van der Waals surface area contributed by atoms with Crippen molar-refractivity contribution in [2.75, 3.05) is 25.9 Å². The highest BCUT2D eigenvalue weighted by molar-refractivity contribution is 5.72. The van der Waals surface area contributed by atoms with Crippen molar-refractivity contribution in [3.8, 4) is 0 Å². The van der Waals surface area contributed by atoms with E-state index in [-0.39, 0.29) is 17.6 Å². The number of benzene rings is 1. The van der Waals surface area contributed by atoms with Crippen LogP contribution in [0.2, 0.25) is 0 Å². The van der Waals surface area contributed by atoms with Crippen molar-refractivity contribution in [2.45, 2.75) is 19.4 Å². The molecule has 0 spiro atoms. The van der Waals surface area contributed by atoms with Gasteiger partial charge >= 0.3 is 5.97 Å². The number of carbonyl (C=O) groups excluding carboxylic acids is 1. The highest BCUT2D eigenvalue weighted by Gasteiger charge is 2.26. The van der Waals surface area contributed by atoms with Crippen molar-refractivity contribution in [2.24, 2.45) is 5.92 Å². The molecule has 21 heavy (non-hydrogen) atoms. The van der Waals surface area contributed by atoms with Gasteiger partial charge in [0.15, 0.2) is 0 Å². The Morgan fingerprint density at radius 2 is 2.14 bits per heavy atom. The fraction of sp³-hybridized carbons (Fsp3) is 0.500. The molecule has 1 aromatic rings. The summed E-state index contributed by atoms with van der Waals surface area (Å²) >= 11 is 0. The van der Waals surface area contributed by atoms with Crippen LogP contribution in [0.15, 0.2) is 18.2 Å². The Labute approximate surface area is 122 Å². The molecule has 1 aromatic carbocycles. The lowest BCUT2D eigenvalue weighted by molar-refractivity contribution is -0.384. The molecule has 0 amide bonds. The van der Waals surface area contributed by atoms with Crippen LogP contribution in [0.4, 0.5) is 11.4 Å². The van der Waals surface area contributed by atoms with Crippen molar-refractivity contribution in [1.82, 2.24) is 4.90 Å². The lowest BCUT2D eigenvalue weighted by Gasteiger charge is -2.30. The molecule has 114 valence electrons. The van der Waals surface area contributed by atoms with Gasteiger partial charge in [0.1, 0.15) is 0 Å². The Bertz CT molecular complexity index is 539. The zero-order valence-electron chi connectivity index (χ0n) is 11.9. The molecule has 0 aliphatic carbocycles. The molecule has 0 bridgehead atoms. The molecule has 1 fully saturated rings. The van der Waals surface area contributed by atoms with Crippen molar-refractivity contribution in [3.63, 3.8) is 0 Å². The van der Waals surface area contributed by atoms with Gasteiger partial charge in [-0.25, -0.2) is 0 Å². The fourth-order valence-corrected chi connectivity index (χ4v) is 2.58. The molecule has 1 heterocycles. The largest absolute Gasteiger partial charge is 0.469 e. The van der Waals surface area contributed by atoms with Crippen LogP contribution in [0.25, 0.3) is 0 Å². The summed E-state index contributed by atoms with van der Waals surface area (Å²) in [5, 5.41) is 10.8. The number of hydrogen-bond acceptors (Lipinski definition) is 6. The van der Waals surface area contributed by atoms with E-state index in [0.29, 0.717) is 12.2 Å². The predicted octanol–water partition coefficient (Wildman–Crippen LogP) is 1.56. The maximum atomic E-state index is 11.5. The van der Waals surface area contributed by atoms with Crippen molar-refractivity contribution < 1.29 is 14.5 Å². The topological polar surface area (TPSA) is 98.7 Å². The van der Waals surface area contributed by atoms with Gasteiger partial charge in [0.25, 0.3) is 5.69 Å². The molecule has 2 N–H and O–H groups in total. The molecular formula is C14H19N3O4. The van der Waals surface area contributed by atoms with Crippen molar-refractivity contribution >= 4 is 17.3 Å². The number of likely N-dealkylation sites (tertiary alicyclic amines) is 1. The number of anilines is 1. The van der Waals surface area contributed by atoms with Crippen molar-refractivity contribution in [1.29, 1.82) is 0 Å². The first kappa shape index (κ1) is 15.2. The first-order chi connectivity index (χ1) is 10.0. The molecule has 0 aromatic heterocycles. The summed E-state index contributed by atoms with van der Waals surface area (Å²) in [7, 11) is 1.40. The van der Waals surface area contributed by atoms with E-state index >= 15 is 0 Å². The van der Waals surface area contributed by atoms with Gasteiger partial charge in [-0.2, -0.15) is 0 Å². The summed E-state index contributed by atoms with van der Waals surface area (Å²) in [6, 6.07) is 4.48. The maximum absolute atomic E-state index is 11.5. The second-order valence-electron chi connectivity index (χ2n) is 5.21. The summed E-state index contributed by atoms with van der Waals surface area (Å²) in [6.07, 6.45) is 1.48. The predicted molar refractivity (Wildman–Crippen MR) is 77.5 cm³/mol. The molecule has 1 aliphatic rings. The molecule has 1 saturated heterocycles. The number of nitro groups is 1. The van der Waals surface area contributed by atoms with Crippen molar-refractivity contribution in [3.05, 3.63) is 33.9 Å². The van der Waals surface area contributed by atoms with Crippen LogP contribution in [0.3, 0.4) is 0 Å². The van der Waals surface area contributed by atoms with Gasteiger partial charge in [-0.15, -0.1) is 0 Å². The highest BCUT2D eigenvalue weighted by Crippen LogP contribution is 2.24. The summed E-state index contributed by atoms with van der Waals surface area (Å²) in [4.78, 5) is 24.0. The van der Waals surface area contributed by atoms with E-state index in [1.54, 1.807) is 6.07 Å². The molecule has 0 unspecified atom stereocenters. The van der Waals surface area contributed by atoms with Gasteiger partial charge in [-0.05, 0) is 37.6 Å². The standard InChI is InChI=1S/C14H19N3O4/c1-21-14(18)10-4-6-16(7-5-10)9-11-8-12(17(19)20)2-3-13(11)15/h2-3,8,10H,4-7,9,15H2,1H3. The smallest absolute Gasteiger partial charge is 0.308 e. The SMILES string of the molecule is COC(=O)C1CCN(Cc2cc([N+](=O)[O-])ccc2N)CC1. The summed E-state index contributed by atoms with van der Waals surface area (Å²) in [6.45, 7) is 2.06. The summed E-state index contributed by atoms with van der Waals surface area (Å²) < 4.78 is 4.75.